The maximum atomic E-state index is 13.1. The summed E-state index contributed by atoms with van der Waals surface area (Å²) in [5, 5.41) is 9.97. The van der Waals surface area contributed by atoms with E-state index in [1.54, 1.807) is 53.6 Å². The number of ketones is 1. The van der Waals surface area contributed by atoms with E-state index in [-0.39, 0.29) is 6.42 Å². The van der Waals surface area contributed by atoms with Crippen molar-refractivity contribution in [2.75, 3.05) is 18.6 Å². The number of methoxy groups -OCH3 is 1. The van der Waals surface area contributed by atoms with Crippen LogP contribution in [0, 0.1) is 0 Å². The Hall–Kier alpha value is -2.89. The van der Waals surface area contributed by atoms with E-state index in [2.05, 4.69) is 4.98 Å². The molecule has 1 unspecified atom stereocenters. The van der Waals surface area contributed by atoms with E-state index in [0.717, 1.165) is 0 Å². The Morgan fingerprint density at radius 3 is 2.62 bits per heavy atom. The number of ether oxygens (including phenoxy) is 1. The van der Waals surface area contributed by atoms with Gasteiger partial charge in [-0.25, -0.2) is 9.78 Å². The normalized spacial score (nSPS) is 20.0. The van der Waals surface area contributed by atoms with Gasteiger partial charge in [-0.1, -0.05) is 30.3 Å². The fraction of sp³-hybridized carbons (Fsp3) is 0.278. The lowest BCUT2D eigenvalue weighted by Crippen LogP contribution is -2.57. The number of aromatic nitrogens is 1. The summed E-state index contributed by atoms with van der Waals surface area (Å²) in [7, 11) is 1.48. The number of carbonyl (C=O) groups excluding carboxylic acids is 1. The number of hydrogen-bond donors (Lipinski definition) is 1. The molecule has 1 N–H and O–H groups in total. The van der Waals surface area contributed by atoms with E-state index in [4.69, 9.17) is 4.74 Å². The summed E-state index contributed by atoms with van der Waals surface area (Å²) >= 11 is 0. The van der Waals surface area contributed by atoms with Gasteiger partial charge in [-0.2, -0.15) is 0 Å². The molecule has 1 aliphatic rings. The summed E-state index contributed by atoms with van der Waals surface area (Å²) in [6.45, 7) is 0.451. The summed E-state index contributed by atoms with van der Waals surface area (Å²) < 4.78 is 5.26. The van der Waals surface area contributed by atoms with Crippen LogP contribution in [0.25, 0.3) is 0 Å². The molecule has 1 aromatic carbocycles. The van der Waals surface area contributed by atoms with Crippen LogP contribution in [0.15, 0.2) is 48.7 Å². The lowest BCUT2D eigenvalue weighted by atomic mass is 9.86. The third-order valence-electron chi connectivity index (χ3n) is 4.38. The van der Waals surface area contributed by atoms with Gasteiger partial charge in [-0.3, -0.25) is 4.79 Å². The predicted octanol–water partition coefficient (Wildman–Crippen LogP) is 2.40. The second-order valence-corrected chi connectivity index (χ2v) is 5.65. The van der Waals surface area contributed by atoms with Gasteiger partial charge >= 0.3 is 5.97 Å². The number of hydrogen-bond acceptors (Lipinski definition) is 5. The van der Waals surface area contributed by atoms with Crippen LogP contribution in [-0.4, -0.2) is 41.0 Å². The molecule has 2 heterocycles. The van der Waals surface area contributed by atoms with E-state index in [1.807, 2.05) is 0 Å². The van der Waals surface area contributed by atoms with Gasteiger partial charge in [0.2, 0.25) is 11.4 Å². The minimum atomic E-state index is -1.64. The first-order valence-corrected chi connectivity index (χ1v) is 7.71. The van der Waals surface area contributed by atoms with Crippen LogP contribution < -0.4 is 9.64 Å². The third kappa shape index (κ3) is 2.40. The maximum Gasteiger partial charge on any atom is 0.337 e. The Labute approximate surface area is 139 Å². The first kappa shape index (κ1) is 16.0. The van der Waals surface area contributed by atoms with Gasteiger partial charge in [0, 0.05) is 18.3 Å². The highest BCUT2D eigenvalue weighted by atomic mass is 16.5. The number of carboxylic acids is 1. The molecule has 1 saturated heterocycles. The number of nitrogens with zero attached hydrogens (tertiary/aromatic N) is 2. The molecule has 3 rings (SSSR count). The minimum Gasteiger partial charge on any atom is -0.480 e. The second kappa shape index (κ2) is 6.31. The molecular weight excluding hydrogens is 308 g/mol. The fourth-order valence-electron chi connectivity index (χ4n) is 3.27. The molecule has 0 radical (unpaired) electrons. The molecule has 2 aromatic rings. The van der Waals surface area contributed by atoms with E-state index in [1.165, 1.54) is 7.11 Å². The van der Waals surface area contributed by atoms with Crippen LogP contribution in [0.1, 0.15) is 23.2 Å². The molecule has 1 aliphatic heterocycles. The topological polar surface area (TPSA) is 79.7 Å². The molecule has 124 valence electrons. The first-order chi connectivity index (χ1) is 11.6. The Kier molecular flexibility index (Phi) is 4.20. The van der Waals surface area contributed by atoms with E-state index < -0.39 is 17.3 Å². The number of carbonyl (C=O) groups is 2. The highest BCUT2D eigenvalue weighted by Gasteiger charge is 2.54. The summed E-state index contributed by atoms with van der Waals surface area (Å²) in [4.78, 5) is 31.0. The number of pyridine rings is 1. The van der Waals surface area contributed by atoms with E-state index in [9.17, 15) is 14.7 Å². The van der Waals surface area contributed by atoms with Crippen LogP contribution >= 0.6 is 0 Å². The minimum absolute atomic E-state index is 0.244. The van der Waals surface area contributed by atoms with Crippen molar-refractivity contribution in [3.63, 3.8) is 0 Å². The predicted molar refractivity (Wildman–Crippen MR) is 88.5 cm³/mol. The van der Waals surface area contributed by atoms with Crippen molar-refractivity contribution in [3.05, 3.63) is 54.2 Å². The molecule has 0 amide bonds. The number of benzene rings is 1. The molecule has 1 fully saturated rings. The van der Waals surface area contributed by atoms with Crippen LogP contribution in [0.5, 0.6) is 5.88 Å². The van der Waals surface area contributed by atoms with E-state index in [0.29, 0.717) is 30.1 Å². The molecular formula is C18H18N2O4. The van der Waals surface area contributed by atoms with Crippen molar-refractivity contribution in [3.8, 4) is 5.88 Å². The van der Waals surface area contributed by atoms with Gasteiger partial charge in [0.1, 0.15) is 5.69 Å². The Morgan fingerprint density at radius 2 is 1.96 bits per heavy atom. The molecule has 0 bridgehead atoms. The SMILES string of the molecule is COc1ncccc1N1CCCC1(C(=O)O)C(=O)c1ccccc1. The average molecular weight is 326 g/mol. The number of aliphatic carboxylic acids is 1. The Morgan fingerprint density at radius 1 is 1.21 bits per heavy atom. The number of carboxylic acid groups (broad SMARTS) is 1. The van der Waals surface area contributed by atoms with Crippen molar-refractivity contribution in [1.82, 2.24) is 4.98 Å². The zero-order chi connectivity index (χ0) is 17.2. The molecule has 0 aliphatic carbocycles. The second-order valence-electron chi connectivity index (χ2n) is 5.65. The first-order valence-electron chi connectivity index (χ1n) is 7.71. The largest absolute Gasteiger partial charge is 0.480 e. The lowest BCUT2D eigenvalue weighted by molar-refractivity contribution is -0.141. The molecule has 1 aromatic heterocycles. The molecule has 0 saturated carbocycles. The van der Waals surface area contributed by atoms with Crippen molar-refractivity contribution in [1.29, 1.82) is 0 Å². The smallest absolute Gasteiger partial charge is 0.337 e. The van der Waals surface area contributed by atoms with Crippen LogP contribution in [-0.2, 0) is 4.79 Å². The van der Waals surface area contributed by atoms with Gasteiger partial charge in [0.05, 0.1) is 7.11 Å². The Bertz CT molecular complexity index is 763. The fourth-order valence-corrected chi connectivity index (χ4v) is 3.27. The summed E-state index contributed by atoms with van der Waals surface area (Å²) in [6.07, 6.45) is 2.41. The summed E-state index contributed by atoms with van der Waals surface area (Å²) in [5.74, 6) is -1.26. The standard InChI is InChI=1S/C18H18N2O4/c1-24-16-14(9-5-11-19-16)20-12-6-10-18(20,17(22)23)15(21)13-7-3-2-4-8-13/h2-5,7-9,11H,6,10,12H2,1H3,(H,22,23). The van der Waals surface area contributed by atoms with Crippen LogP contribution in [0.2, 0.25) is 0 Å². The Balaban J connectivity index is 2.12. The summed E-state index contributed by atoms with van der Waals surface area (Å²) in [6, 6.07) is 12.0. The van der Waals surface area contributed by atoms with Crippen molar-refractivity contribution < 1.29 is 19.4 Å². The van der Waals surface area contributed by atoms with E-state index >= 15 is 0 Å². The zero-order valence-corrected chi connectivity index (χ0v) is 13.3. The van der Waals surface area contributed by atoms with Gasteiger partial charge in [0.25, 0.3) is 0 Å². The molecule has 6 nitrogen and oxygen atoms in total. The third-order valence-corrected chi connectivity index (χ3v) is 4.38. The van der Waals surface area contributed by atoms with Gasteiger partial charge in [-0.05, 0) is 25.0 Å². The average Bonchev–Trinajstić information content (AvgIpc) is 3.07. The number of Topliss-reactive ketones (excluding diaryl/α,β-unsaturated/α-hetero) is 1. The quantitative estimate of drug-likeness (QED) is 0.671. The van der Waals surface area contributed by atoms with Gasteiger partial charge in [-0.15, -0.1) is 0 Å². The van der Waals surface area contributed by atoms with Gasteiger partial charge in [0.15, 0.2) is 5.78 Å². The van der Waals surface area contributed by atoms with Crippen molar-refractivity contribution in [2.24, 2.45) is 0 Å². The number of anilines is 1. The van der Waals surface area contributed by atoms with Crippen molar-refractivity contribution in [2.45, 2.75) is 18.4 Å². The lowest BCUT2D eigenvalue weighted by Gasteiger charge is -2.35. The summed E-state index contributed by atoms with van der Waals surface area (Å²) in [5.41, 5.74) is -0.740. The molecule has 6 heteroatoms. The molecule has 24 heavy (non-hydrogen) atoms. The number of rotatable bonds is 5. The highest BCUT2D eigenvalue weighted by Crippen LogP contribution is 2.40. The zero-order valence-electron chi connectivity index (χ0n) is 13.3. The monoisotopic (exact) mass is 326 g/mol. The molecule has 0 spiro atoms. The van der Waals surface area contributed by atoms with Gasteiger partial charge < -0.3 is 14.7 Å². The van der Waals surface area contributed by atoms with Crippen LogP contribution in [0.4, 0.5) is 5.69 Å². The highest BCUT2D eigenvalue weighted by molar-refractivity contribution is 6.19. The van der Waals surface area contributed by atoms with Crippen LogP contribution in [0.3, 0.4) is 0 Å². The molecule has 1 atom stereocenters. The van der Waals surface area contributed by atoms with Crippen molar-refractivity contribution >= 4 is 17.4 Å². The maximum absolute atomic E-state index is 13.1.